The first-order chi connectivity index (χ1) is 22.3. The molecule has 0 radical (unpaired) electrons. The average Bonchev–Trinajstić information content (AvgIpc) is 3.08. The number of allylic oxidation sites excluding steroid dienone is 1. The quantitative estimate of drug-likeness (QED) is 0.199. The fourth-order valence-electron chi connectivity index (χ4n) is 5.47. The molecule has 1 N–H and O–H groups in total. The van der Waals surface area contributed by atoms with Gasteiger partial charge in [0.05, 0.1) is 45.8 Å². The number of rotatable bonds is 3. The summed E-state index contributed by atoms with van der Waals surface area (Å²) in [5, 5.41) is 47.3. The van der Waals surface area contributed by atoms with Crippen LogP contribution in [0, 0.1) is 68.2 Å². The molecule has 0 spiro atoms. The standard InChI is InChI=1S/C35H14F3N7S/c36-30-25(15-41)31(37)28(32(38)26(30)16-42)20-6-7-22-27(11-20)44-34(19-4-2-1-3-5-19)24-12-23(33(43)35(45-46)29(22)24)21-9-17(13-39)8-18(10-21)14-40/h1-12,43,46H. The summed E-state index contributed by atoms with van der Waals surface area (Å²) in [6.45, 7) is 0. The maximum Gasteiger partial charge on any atom is 0.164 e. The normalized spacial score (nSPS) is 12.9. The first kappa shape index (κ1) is 29.5. The summed E-state index contributed by atoms with van der Waals surface area (Å²) in [5.41, 5.74) is 0.494. The van der Waals surface area contributed by atoms with Crippen LogP contribution in [0.5, 0.6) is 0 Å². The minimum atomic E-state index is -1.58. The molecule has 0 bridgehead atoms. The van der Waals surface area contributed by atoms with Crippen molar-refractivity contribution in [2.75, 3.05) is 0 Å². The monoisotopic (exact) mass is 621 g/mol. The minimum absolute atomic E-state index is 0.0648. The van der Waals surface area contributed by atoms with E-state index in [9.17, 15) is 25.4 Å². The molecule has 4 aromatic carbocycles. The molecular formula is C35H14F3N7S. The van der Waals surface area contributed by atoms with Gasteiger partial charge < -0.3 is 0 Å². The van der Waals surface area contributed by atoms with E-state index in [4.69, 9.17) is 10.4 Å². The Hall–Kier alpha value is -6.53. The zero-order chi connectivity index (χ0) is 32.7. The molecular weight excluding hydrogens is 607 g/mol. The molecule has 7 nitrogen and oxygen atoms in total. The summed E-state index contributed by atoms with van der Waals surface area (Å²) in [5.74, 6) is -4.50. The number of nitrogens with one attached hydrogen (secondary N) is 1. The van der Waals surface area contributed by atoms with E-state index < -0.39 is 34.1 Å². The summed E-state index contributed by atoms with van der Waals surface area (Å²) < 4.78 is 49.4. The van der Waals surface area contributed by atoms with Gasteiger partial charge in [0.25, 0.3) is 0 Å². The first-order valence-corrected chi connectivity index (χ1v) is 13.7. The highest BCUT2D eigenvalue weighted by molar-refractivity contribution is 7.79. The Kier molecular flexibility index (Phi) is 7.40. The van der Waals surface area contributed by atoms with E-state index >= 15 is 8.78 Å². The second kappa shape index (κ2) is 11.5. The number of hydrogen-bond acceptors (Lipinski definition) is 8. The molecule has 0 unspecified atom stereocenters. The lowest BCUT2D eigenvalue weighted by Gasteiger charge is -2.24. The highest BCUT2D eigenvalue weighted by Gasteiger charge is 2.31. The average molecular weight is 622 g/mol. The van der Waals surface area contributed by atoms with Gasteiger partial charge in [-0.2, -0.15) is 21.0 Å². The third-order valence-corrected chi connectivity index (χ3v) is 7.73. The Bertz CT molecular complexity index is 2350. The molecule has 1 aliphatic carbocycles. The number of nitriles is 4. The maximum atomic E-state index is 15.4. The second-order valence-electron chi connectivity index (χ2n) is 10.0. The van der Waals surface area contributed by atoms with Crippen LogP contribution in [0.25, 0.3) is 44.9 Å². The van der Waals surface area contributed by atoms with Gasteiger partial charge in [0.1, 0.15) is 29.0 Å². The van der Waals surface area contributed by atoms with Crippen molar-refractivity contribution < 1.29 is 13.2 Å². The lowest BCUT2D eigenvalue weighted by Crippen LogP contribution is -2.22. The van der Waals surface area contributed by atoms with Gasteiger partial charge in [-0.1, -0.05) is 42.5 Å². The lowest BCUT2D eigenvalue weighted by molar-refractivity contribution is 0.539. The van der Waals surface area contributed by atoms with Crippen LogP contribution < -0.4 is 0 Å². The molecule has 11 heteroatoms. The van der Waals surface area contributed by atoms with Crippen LogP contribution in [-0.4, -0.2) is 16.4 Å². The van der Waals surface area contributed by atoms with Crippen LogP contribution in [0.3, 0.4) is 0 Å². The van der Waals surface area contributed by atoms with Crippen LogP contribution in [-0.2, 0) is 0 Å². The van der Waals surface area contributed by atoms with Gasteiger partial charge >= 0.3 is 0 Å². The van der Waals surface area contributed by atoms with E-state index in [-0.39, 0.29) is 33.6 Å². The highest BCUT2D eigenvalue weighted by atomic mass is 32.1. The molecule has 0 saturated carbocycles. The predicted molar refractivity (Wildman–Crippen MR) is 169 cm³/mol. The van der Waals surface area contributed by atoms with Gasteiger partial charge in [0.2, 0.25) is 0 Å². The van der Waals surface area contributed by atoms with Gasteiger partial charge in [-0.15, -0.1) is 0 Å². The number of halogens is 3. The third-order valence-electron chi connectivity index (χ3n) is 7.53. The van der Waals surface area contributed by atoms with Crippen molar-refractivity contribution in [3.05, 3.63) is 123 Å². The van der Waals surface area contributed by atoms with E-state index in [1.807, 2.05) is 18.2 Å². The molecule has 46 heavy (non-hydrogen) atoms. The van der Waals surface area contributed by atoms with Crippen LogP contribution >= 0.6 is 12.8 Å². The molecule has 216 valence electrons. The van der Waals surface area contributed by atoms with E-state index in [1.54, 1.807) is 42.5 Å². The Morgan fingerprint density at radius 2 is 1.33 bits per heavy atom. The Morgan fingerprint density at radius 1 is 0.696 bits per heavy atom. The smallest absolute Gasteiger partial charge is 0.164 e. The minimum Gasteiger partial charge on any atom is -0.298 e. The van der Waals surface area contributed by atoms with E-state index in [1.165, 1.54) is 36.4 Å². The summed E-state index contributed by atoms with van der Waals surface area (Å²) in [4.78, 5) is 4.85. The van der Waals surface area contributed by atoms with Crippen LogP contribution in [0.4, 0.5) is 13.2 Å². The fourth-order valence-corrected chi connectivity index (χ4v) is 5.67. The number of fused-ring (bicyclic) bond motifs is 3. The molecule has 6 rings (SSSR count). The van der Waals surface area contributed by atoms with Gasteiger partial charge in [-0.25, -0.2) is 22.6 Å². The molecule has 0 fully saturated rings. The maximum absolute atomic E-state index is 15.4. The molecule has 0 amide bonds. The number of thiol groups is 1. The Balaban J connectivity index is 1.70. The zero-order valence-electron chi connectivity index (χ0n) is 23.2. The summed E-state index contributed by atoms with van der Waals surface area (Å²) in [6, 6.07) is 24.5. The molecule has 1 heterocycles. The summed E-state index contributed by atoms with van der Waals surface area (Å²) in [7, 11) is 0. The van der Waals surface area contributed by atoms with Crippen LogP contribution in [0.15, 0.2) is 71.1 Å². The largest absolute Gasteiger partial charge is 0.298 e. The van der Waals surface area contributed by atoms with Crippen LogP contribution in [0.1, 0.15) is 38.9 Å². The molecule has 0 saturated heterocycles. The van der Waals surface area contributed by atoms with Gasteiger partial charge in [0.15, 0.2) is 17.5 Å². The number of nitrogens with zero attached hydrogens (tertiary/aromatic N) is 6. The summed E-state index contributed by atoms with van der Waals surface area (Å²) >= 11 is 4.18. The van der Waals surface area contributed by atoms with Crippen molar-refractivity contribution in [1.82, 2.24) is 4.98 Å². The number of aromatic nitrogens is 1. The molecule has 1 aliphatic rings. The van der Waals surface area contributed by atoms with E-state index in [0.717, 1.165) is 0 Å². The molecule has 0 aliphatic heterocycles. The number of hydrogen-bond donors (Lipinski definition) is 2. The Labute approximate surface area is 265 Å². The Morgan fingerprint density at radius 3 is 1.89 bits per heavy atom. The van der Waals surface area contributed by atoms with Crippen molar-refractivity contribution in [3.63, 3.8) is 0 Å². The van der Waals surface area contributed by atoms with Gasteiger partial charge in [0, 0.05) is 27.6 Å². The van der Waals surface area contributed by atoms with Crippen molar-refractivity contribution in [1.29, 1.82) is 26.5 Å². The van der Waals surface area contributed by atoms with Gasteiger partial charge in [-0.3, -0.25) is 5.41 Å². The van der Waals surface area contributed by atoms with Crippen molar-refractivity contribution in [3.8, 4) is 46.7 Å². The van der Waals surface area contributed by atoms with Crippen LogP contribution in [0.2, 0.25) is 0 Å². The second-order valence-corrected chi connectivity index (χ2v) is 10.2. The molecule has 0 atom stereocenters. The van der Waals surface area contributed by atoms with E-state index in [2.05, 4.69) is 17.2 Å². The predicted octanol–water partition coefficient (Wildman–Crippen LogP) is 7.68. The SMILES string of the molecule is N#Cc1cc(C#N)cc(C2=Cc3c(-c4ccccc4)nc4cc(-c5c(F)c(C#N)c(F)c(C#N)c5F)ccc4c3C(=NS)C2=N)c1. The first-order valence-electron chi connectivity index (χ1n) is 13.3. The molecule has 5 aromatic rings. The number of pyridine rings is 1. The van der Waals surface area contributed by atoms with Crippen molar-refractivity contribution in [2.24, 2.45) is 4.40 Å². The zero-order valence-corrected chi connectivity index (χ0v) is 24.1. The van der Waals surface area contributed by atoms with Crippen molar-refractivity contribution in [2.45, 2.75) is 0 Å². The van der Waals surface area contributed by atoms with Gasteiger partial charge in [-0.05, 0) is 54.3 Å². The number of benzene rings is 4. The summed E-state index contributed by atoms with van der Waals surface area (Å²) in [6.07, 6.45) is 1.71. The van der Waals surface area contributed by atoms with E-state index in [0.29, 0.717) is 38.9 Å². The third kappa shape index (κ3) is 4.57. The molecule has 1 aromatic heterocycles. The van der Waals surface area contributed by atoms with Crippen molar-refractivity contribution >= 4 is 46.8 Å². The topological polar surface area (TPSA) is 144 Å². The lowest BCUT2D eigenvalue weighted by atomic mass is 9.81. The highest BCUT2D eigenvalue weighted by Crippen LogP contribution is 2.41. The fraction of sp³-hybridized carbons (Fsp3) is 0.